The Kier molecular flexibility index (Phi) is 7.39. The van der Waals surface area contributed by atoms with E-state index in [9.17, 15) is 5.11 Å². The number of rotatable bonds is 5. The molecule has 0 spiro atoms. The lowest BCUT2D eigenvalue weighted by molar-refractivity contribution is 0.156. The van der Waals surface area contributed by atoms with Crippen LogP contribution >= 0.6 is 0 Å². The van der Waals surface area contributed by atoms with Gasteiger partial charge in [0.25, 0.3) is 0 Å². The Labute approximate surface area is 217 Å². The molecule has 1 N–H and O–H groups in total. The lowest BCUT2D eigenvalue weighted by Gasteiger charge is -2.35. The molecule has 0 bridgehead atoms. The molecule has 1 fully saturated rings. The first kappa shape index (κ1) is 24.9. The van der Waals surface area contributed by atoms with Crippen LogP contribution < -0.4 is 0 Å². The monoisotopic (exact) mass is 483 g/mol. The Morgan fingerprint density at radius 2 is 1.86 bits per heavy atom. The fourth-order valence-electron chi connectivity index (χ4n) is 5.75. The van der Waals surface area contributed by atoms with Gasteiger partial charge in [-0.25, -0.2) is 0 Å². The van der Waals surface area contributed by atoms with Crippen molar-refractivity contribution in [3.63, 3.8) is 0 Å². The third-order valence-corrected chi connectivity index (χ3v) is 7.93. The van der Waals surface area contributed by atoms with E-state index in [-0.39, 0.29) is 5.41 Å². The van der Waals surface area contributed by atoms with Crippen molar-refractivity contribution in [3.05, 3.63) is 106 Å². The van der Waals surface area contributed by atoms with Crippen molar-refractivity contribution < 1.29 is 9.84 Å². The number of aliphatic hydroxyl groups is 1. The molecular weight excluding hydrogens is 442 g/mol. The number of aliphatic hydroxyl groups excluding tert-OH is 1. The fourth-order valence-corrected chi connectivity index (χ4v) is 5.75. The standard InChI is InChI=1S/C33H41NO2/c1-33(2,3)28-18-16-24(17-19-28)31(35)15-9-21-34-20-7-6-14-30(34)29-13-8-12-26-22-25-10-4-5-11-27(25)23-36-32(26)29/h4-5,8,11-12,16-19,22,31,35H,6-7,9-10,13-15,20-21,23H2,1-3H3. The van der Waals surface area contributed by atoms with Crippen molar-refractivity contribution in [2.24, 2.45) is 0 Å². The molecule has 1 unspecified atom stereocenters. The number of hydrogen-bond acceptors (Lipinski definition) is 3. The van der Waals surface area contributed by atoms with E-state index < -0.39 is 6.10 Å². The first-order valence-electron chi connectivity index (χ1n) is 13.8. The molecule has 0 saturated carbocycles. The van der Waals surface area contributed by atoms with E-state index in [0.717, 1.165) is 56.5 Å². The van der Waals surface area contributed by atoms with Gasteiger partial charge in [-0.05, 0) is 78.7 Å². The molecule has 1 atom stereocenters. The first-order valence-corrected chi connectivity index (χ1v) is 13.8. The van der Waals surface area contributed by atoms with Crippen LogP contribution in [0.5, 0.6) is 0 Å². The van der Waals surface area contributed by atoms with Crippen LogP contribution in [0.2, 0.25) is 0 Å². The smallest absolute Gasteiger partial charge is 0.132 e. The molecule has 2 aliphatic heterocycles. The second-order valence-corrected chi connectivity index (χ2v) is 11.6. The van der Waals surface area contributed by atoms with Gasteiger partial charge < -0.3 is 14.7 Å². The number of nitrogens with zero attached hydrogens (tertiary/aromatic N) is 1. The maximum atomic E-state index is 10.9. The first-order chi connectivity index (χ1) is 17.4. The predicted molar refractivity (Wildman–Crippen MR) is 148 cm³/mol. The lowest BCUT2D eigenvalue weighted by Crippen LogP contribution is -2.31. The Hall–Kier alpha value is -2.78. The van der Waals surface area contributed by atoms with Crippen molar-refractivity contribution >= 4 is 0 Å². The van der Waals surface area contributed by atoms with Crippen LogP contribution in [0.4, 0.5) is 0 Å². The molecule has 5 rings (SSSR count). The summed E-state index contributed by atoms with van der Waals surface area (Å²) in [5.41, 5.74) is 9.19. The number of benzene rings is 1. The Balaban J connectivity index is 1.28. The van der Waals surface area contributed by atoms with E-state index in [1.165, 1.54) is 46.4 Å². The molecule has 0 aromatic heterocycles. The maximum Gasteiger partial charge on any atom is 0.132 e. The van der Waals surface area contributed by atoms with Gasteiger partial charge in [0.15, 0.2) is 0 Å². The number of piperidine rings is 1. The number of hydrogen-bond donors (Lipinski definition) is 1. The number of fused-ring (bicyclic) bond motifs is 1. The molecule has 4 aliphatic rings. The summed E-state index contributed by atoms with van der Waals surface area (Å²) in [6.07, 6.45) is 20.3. The average molecular weight is 484 g/mol. The minimum atomic E-state index is -0.408. The third kappa shape index (κ3) is 5.47. The summed E-state index contributed by atoms with van der Waals surface area (Å²) in [6, 6.07) is 8.53. The van der Waals surface area contributed by atoms with Crippen molar-refractivity contribution in [2.45, 2.75) is 77.2 Å². The van der Waals surface area contributed by atoms with E-state index in [1.807, 2.05) is 0 Å². The zero-order chi connectivity index (χ0) is 25.1. The van der Waals surface area contributed by atoms with Gasteiger partial charge in [0, 0.05) is 29.9 Å². The van der Waals surface area contributed by atoms with Gasteiger partial charge in [0.05, 0.1) is 6.10 Å². The number of allylic oxidation sites excluding steroid dienone is 9. The largest absolute Gasteiger partial charge is 0.488 e. The van der Waals surface area contributed by atoms with Gasteiger partial charge in [-0.1, -0.05) is 75.4 Å². The normalized spacial score (nSPS) is 22.8. The molecule has 2 aliphatic carbocycles. The van der Waals surface area contributed by atoms with Crippen molar-refractivity contribution in [3.8, 4) is 0 Å². The zero-order valence-corrected chi connectivity index (χ0v) is 22.2. The Morgan fingerprint density at radius 3 is 2.67 bits per heavy atom. The van der Waals surface area contributed by atoms with E-state index in [2.05, 4.69) is 86.4 Å². The Bertz CT molecular complexity index is 1150. The van der Waals surface area contributed by atoms with Crippen LogP contribution in [-0.2, 0) is 10.2 Å². The lowest BCUT2D eigenvalue weighted by atomic mass is 9.86. The van der Waals surface area contributed by atoms with Gasteiger partial charge in [-0.15, -0.1) is 0 Å². The molecule has 2 heterocycles. The topological polar surface area (TPSA) is 32.7 Å². The highest BCUT2D eigenvalue weighted by Gasteiger charge is 2.26. The highest BCUT2D eigenvalue weighted by Crippen LogP contribution is 2.38. The molecule has 1 aromatic carbocycles. The van der Waals surface area contributed by atoms with Crippen molar-refractivity contribution in [2.75, 3.05) is 19.7 Å². The van der Waals surface area contributed by atoms with Crippen LogP contribution in [0.25, 0.3) is 0 Å². The van der Waals surface area contributed by atoms with E-state index >= 15 is 0 Å². The molecule has 190 valence electrons. The van der Waals surface area contributed by atoms with E-state index in [0.29, 0.717) is 6.61 Å². The Morgan fingerprint density at radius 1 is 1.03 bits per heavy atom. The molecule has 3 heteroatoms. The third-order valence-electron chi connectivity index (χ3n) is 7.93. The molecule has 1 aromatic rings. The van der Waals surface area contributed by atoms with Crippen molar-refractivity contribution in [1.82, 2.24) is 4.90 Å². The van der Waals surface area contributed by atoms with Crippen LogP contribution in [0.1, 0.15) is 82.9 Å². The fraction of sp³-hybridized carbons (Fsp3) is 0.455. The second kappa shape index (κ2) is 10.7. The molecule has 36 heavy (non-hydrogen) atoms. The summed E-state index contributed by atoms with van der Waals surface area (Å²) in [6.45, 7) is 9.41. The molecule has 0 amide bonds. The predicted octanol–water partition coefficient (Wildman–Crippen LogP) is 7.59. The van der Waals surface area contributed by atoms with Gasteiger partial charge in [0.1, 0.15) is 12.4 Å². The summed E-state index contributed by atoms with van der Waals surface area (Å²) in [5.74, 6) is 1.08. The highest BCUT2D eigenvalue weighted by molar-refractivity contribution is 5.55. The molecule has 3 nitrogen and oxygen atoms in total. The van der Waals surface area contributed by atoms with Crippen LogP contribution in [0, 0.1) is 0 Å². The van der Waals surface area contributed by atoms with Gasteiger partial charge in [-0.2, -0.15) is 0 Å². The van der Waals surface area contributed by atoms with Crippen LogP contribution in [-0.4, -0.2) is 29.7 Å². The quantitative estimate of drug-likeness (QED) is 0.468. The summed E-state index contributed by atoms with van der Waals surface area (Å²) in [5, 5.41) is 10.9. The number of ether oxygens (including phenoxy) is 1. The molecule has 1 saturated heterocycles. The molecule has 0 radical (unpaired) electrons. The van der Waals surface area contributed by atoms with Gasteiger partial charge in [0.2, 0.25) is 0 Å². The van der Waals surface area contributed by atoms with Gasteiger partial charge >= 0.3 is 0 Å². The summed E-state index contributed by atoms with van der Waals surface area (Å²) < 4.78 is 6.47. The van der Waals surface area contributed by atoms with Crippen molar-refractivity contribution in [1.29, 1.82) is 0 Å². The average Bonchev–Trinajstić information content (AvgIpc) is 3.08. The van der Waals surface area contributed by atoms with E-state index in [4.69, 9.17) is 4.74 Å². The minimum Gasteiger partial charge on any atom is -0.488 e. The zero-order valence-electron chi connectivity index (χ0n) is 22.2. The summed E-state index contributed by atoms with van der Waals surface area (Å²) in [7, 11) is 0. The summed E-state index contributed by atoms with van der Waals surface area (Å²) in [4.78, 5) is 2.58. The highest BCUT2D eigenvalue weighted by atomic mass is 16.5. The second-order valence-electron chi connectivity index (χ2n) is 11.6. The maximum absolute atomic E-state index is 10.9. The van der Waals surface area contributed by atoms with Gasteiger partial charge in [-0.3, -0.25) is 0 Å². The number of likely N-dealkylation sites (tertiary alicyclic amines) is 1. The minimum absolute atomic E-state index is 0.134. The molecular formula is C33H41NO2. The van der Waals surface area contributed by atoms with Crippen LogP contribution in [0.3, 0.4) is 0 Å². The van der Waals surface area contributed by atoms with E-state index in [1.54, 1.807) is 0 Å². The summed E-state index contributed by atoms with van der Waals surface area (Å²) >= 11 is 0. The van der Waals surface area contributed by atoms with Crippen LogP contribution in [0.15, 0.2) is 94.5 Å². The SMILES string of the molecule is CC(C)(C)c1ccc(C(O)CCCN2CCCCC2=C2CC=CC3=C2OCC2=CC=CCC2=C3)cc1.